The summed E-state index contributed by atoms with van der Waals surface area (Å²) in [6, 6.07) is 0. The van der Waals surface area contributed by atoms with Crippen molar-refractivity contribution in [1.82, 2.24) is 0 Å². The second-order valence-electron chi connectivity index (χ2n) is 2.83. The van der Waals surface area contributed by atoms with Gasteiger partial charge in [-0.3, -0.25) is 0 Å². The van der Waals surface area contributed by atoms with Gasteiger partial charge in [0, 0.05) is 26.2 Å². The summed E-state index contributed by atoms with van der Waals surface area (Å²) in [5, 5.41) is 0. The quantitative estimate of drug-likeness (QED) is 0.572. The highest BCUT2D eigenvalue weighted by atomic mass is 16.7. The molecule has 1 aliphatic carbocycles. The largest absolute Gasteiger partial charge is 0.373 e. The fourth-order valence-electron chi connectivity index (χ4n) is 1.42. The summed E-state index contributed by atoms with van der Waals surface area (Å²) in [4.78, 5) is 0. The van der Waals surface area contributed by atoms with E-state index >= 15 is 0 Å². The van der Waals surface area contributed by atoms with Crippen LogP contribution in [0.3, 0.4) is 0 Å². The predicted molar refractivity (Wildman–Crippen MR) is 46.0 cm³/mol. The molecule has 72 valence electrons. The van der Waals surface area contributed by atoms with Gasteiger partial charge in [0.05, 0.1) is 0 Å². The molecule has 0 aromatic heterocycles. The van der Waals surface area contributed by atoms with E-state index in [0.717, 1.165) is 13.0 Å². The molecule has 0 aromatic carbocycles. The van der Waals surface area contributed by atoms with Gasteiger partial charge in [-0.05, 0) is 20.8 Å². The van der Waals surface area contributed by atoms with Crippen molar-refractivity contribution in [2.75, 3.05) is 19.8 Å². The molecule has 0 aliphatic heterocycles. The molecule has 0 saturated heterocycles. The average molecular weight is 174 g/mol. The minimum absolute atomic E-state index is 0.155. The molecule has 0 bridgehead atoms. The van der Waals surface area contributed by atoms with E-state index in [1.54, 1.807) is 0 Å². The van der Waals surface area contributed by atoms with Crippen molar-refractivity contribution in [1.29, 1.82) is 0 Å². The normalized spacial score (nSPS) is 25.8. The van der Waals surface area contributed by atoms with Crippen LogP contribution in [0, 0.1) is 0 Å². The Balaban J connectivity index is 2.32. The zero-order chi connectivity index (χ0) is 9.03. The summed E-state index contributed by atoms with van der Waals surface area (Å²) in [6.07, 6.45) is 1.03. The number of rotatable bonds is 6. The maximum Gasteiger partial charge on any atom is 0.197 e. The van der Waals surface area contributed by atoms with E-state index in [1.807, 2.05) is 20.8 Å². The molecule has 1 atom stereocenters. The molecule has 0 aromatic rings. The summed E-state index contributed by atoms with van der Waals surface area (Å²) in [5.41, 5.74) is 0. The van der Waals surface area contributed by atoms with E-state index in [-0.39, 0.29) is 6.10 Å². The van der Waals surface area contributed by atoms with Crippen LogP contribution >= 0.6 is 0 Å². The molecule has 1 saturated carbocycles. The van der Waals surface area contributed by atoms with Crippen LogP contribution in [-0.2, 0) is 14.2 Å². The summed E-state index contributed by atoms with van der Waals surface area (Å²) in [5.74, 6) is -0.403. The molecule has 0 N–H and O–H groups in total. The molecular weight excluding hydrogens is 156 g/mol. The lowest BCUT2D eigenvalue weighted by Gasteiger charge is -2.16. The molecule has 3 heteroatoms. The Labute approximate surface area is 74.0 Å². The minimum Gasteiger partial charge on any atom is -0.373 e. The van der Waals surface area contributed by atoms with Gasteiger partial charge in [0.15, 0.2) is 5.79 Å². The summed E-state index contributed by atoms with van der Waals surface area (Å²) in [7, 11) is 0. The Morgan fingerprint density at radius 3 is 2.08 bits per heavy atom. The standard InChI is InChI=1S/C9H18O3/c1-4-10-8-7-9(8,11-5-2)12-6-3/h8H,4-7H2,1-3H3. The van der Waals surface area contributed by atoms with Gasteiger partial charge >= 0.3 is 0 Å². The topological polar surface area (TPSA) is 27.7 Å². The fraction of sp³-hybridized carbons (Fsp3) is 1.00. The van der Waals surface area contributed by atoms with Crippen LogP contribution in [0.1, 0.15) is 27.2 Å². The lowest BCUT2D eigenvalue weighted by molar-refractivity contribution is -0.186. The Hall–Kier alpha value is -0.120. The molecule has 0 radical (unpaired) electrons. The number of hydrogen-bond acceptors (Lipinski definition) is 3. The van der Waals surface area contributed by atoms with Gasteiger partial charge in [-0.25, -0.2) is 0 Å². The molecule has 0 spiro atoms. The SMILES string of the molecule is CCOC1CC1(OCC)OCC. The van der Waals surface area contributed by atoms with Gasteiger partial charge in [0.25, 0.3) is 0 Å². The maximum atomic E-state index is 5.50. The summed E-state index contributed by atoms with van der Waals surface area (Å²) < 4.78 is 16.4. The molecule has 1 aliphatic rings. The minimum atomic E-state index is -0.403. The smallest absolute Gasteiger partial charge is 0.197 e. The van der Waals surface area contributed by atoms with Gasteiger partial charge in [-0.2, -0.15) is 0 Å². The van der Waals surface area contributed by atoms with Crippen LogP contribution < -0.4 is 0 Å². The molecule has 0 heterocycles. The van der Waals surface area contributed by atoms with Gasteiger partial charge in [0.2, 0.25) is 0 Å². The van der Waals surface area contributed by atoms with Crippen molar-refractivity contribution < 1.29 is 14.2 Å². The molecule has 1 fully saturated rings. The first-order valence-corrected chi connectivity index (χ1v) is 4.68. The van der Waals surface area contributed by atoms with Crippen molar-refractivity contribution in [3.05, 3.63) is 0 Å². The third-order valence-corrected chi connectivity index (χ3v) is 1.95. The number of hydrogen-bond donors (Lipinski definition) is 0. The second-order valence-corrected chi connectivity index (χ2v) is 2.83. The molecule has 0 amide bonds. The van der Waals surface area contributed by atoms with Crippen LogP contribution in [0.5, 0.6) is 0 Å². The Kier molecular flexibility index (Phi) is 3.50. The lowest BCUT2D eigenvalue weighted by atomic mass is 10.6. The monoisotopic (exact) mass is 174 g/mol. The summed E-state index contributed by atoms with van der Waals surface area (Å²) in [6.45, 7) is 8.03. The van der Waals surface area contributed by atoms with Crippen LogP contribution in [-0.4, -0.2) is 31.7 Å². The zero-order valence-electron chi connectivity index (χ0n) is 8.13. The Morgan fingerprint density at radius 1 is 1.08 bits per heavy atom. The lowest BCUT2D eigenvalue weighted by Crippen LogP contribution is -2.25. The van der Waals surface area contributed by atoms with Crippen molar-refractivity contribution in [3.8, 4) is 0 Å². The molecular formula is C9H18O3. The van der Waals surface area contributed by atoms with Crippen LogP contribution in [0.2, 0.25) is 0 Å². The van der Waals surface area contributed by atoms with Crippen molar-refractivity contribution in [2.24, 2.45) is 0 Å². The molecule has 1 rings (SSSR count). The third kappa shape index (κ3) is 1.97. The van der Waals surface area contributed by atoms with Crippen LogP contribution in [0.15, 0.2) is 0 Å². The van der Waals surface area contributed by atoms with Crippen molar-refractivity contribution in [3.63, 3.8) is 0 Å². The Morgan fingerprint density at radius 2 is 1.67 bits per heavy atom. The van der Waals surface area contributed by atoms with Gasteiger partial charge < -0.3 is 14.2 Å². The first kappa shape index (κ1) is 9.96. The van der Waals surface area contributed by atoms with Crippen molar-refractivity contribution >= 4 is 0 Å². The van der Waals surface area contributed by atoms with E-state index in [0.29, 0.717) is 13.2 Å². The predicted octanol–water partition coefficient (Wildman–Crippen LogP) is 1.56. The zero-order valence-corrected chi connectivity index (χ0v) is 8.13. The van der Waals surface area contributed by atoms with Gasteiger partial charge in [0.1, 0.15) is 6.10 Å². The van der Waals surface area contributed by atoms with E-state index in [4.69, 9.17) is 14.2 Å². The summed E-state index contributed by atoms with van der Waals surface area (Å²) >= 11 is 0. The van der Waals surface area contributed by atoms with E-state index in [1.165, 1.54) is 0 Å². The van der Waals surface area contributed by atoms with Crippen LogP contribution in [0.25, 0.3) is 0 Å². The first-order chi connectivity index (χ1) is 5.79. The highest BCUT2D eigenvalue weighted by Gasteiger charge is 2.58. The fourth-order valence-corrected chi connectivity index (χ4v) is 1.42. The number of ether oxygens (including phenoxy) is 3. The van der Waals surface area contributed by atoms with Crippen LogP contribution in [0.4, 0.5) is 0 Å². The second kappa shape index (κ2) is 4.21. The maximum absolute atomic E-state index is 5.50. The van der Waals surface area contributed by atoms with Gasteiger partial charge in [-0.15, -0.1) is 0 Å². The van der Waals surface area contributed by atoms with E-state index in [2.05, 4.69) is 0 Å². The molecule has 1 unspecified atom stereocenters. The van der Waals surface area contributed by atoms with Crippen molar-refractivity contribution in [2.45, 2.75) is 39.1 Å². The highest BCUT2D eigenvalue weighted by Crippen LogP contribution is 2.43. The van der Waals surface area contributed by atoms with Gasteiger partial charge in [-0.1, -0.05) is 0 Å². The molecule has 3 nitrogen and oxygen atoms in total. The van der Waals surface area contributed by atoms with E-state index < -0.39 is 5.79 Å². The average Bonchev–Trinajstić information content (AvgIpc) is 2.66. The third-order valence-electron chi connectivity index (χ3n) is 1.95. The molecule has 12 heavy (non-hydrogen) atoms. The highest BCUT2D eigenvalue weighted by molar-refractivity contribution is 4.99. The first-order valence-electron chi connectivity index (χ1n) is 4.68. The van der Waals surface area contributed by atoms with E-state index in [9.17, 15) is 0 Å². The Bertz CT molecular complexity index is 130.